The van der Waals surface area contributed by atoms with Gasteiger partial charge in [0.15, 0.2) is 0 Å². The lowest BCUT2D eigenvalue weighted by molar-refractivity contribution is -0.121. The summed E-state index contributed by atoms with van der Waals surface area (Å²) in [5.74, 6) is 2.31. The van der Waals surface area contributed by atoms with Gasteiger partial charge >= 0.3 is 6.03 Å². The van der Waals surface area contributed by atoms with Crippen molar-refractivity contribution in [1.29, 1.82) is 0 Å². The SMILES string of the molecule is O=C(NCc1ccco1)Nc1ccc(NC(=O)C2CC3CCC2C3)cc1. The number of anilines is 2. The summed E-state index contributed by atoms with van der Waals surface area (Å²) in [6, 6.07) is 10.5. The Morgan fingerprint density at radius 1 is 1.00 bits per heavy atom. The normalized spacial score (nSPS) is 23.6. The maximum atomic E-state index is 12.5. The summed E-state index contributed by atoms with van der Waals surface area (Å²) in [5.41, 5.74) is 1.43. The number of carbonyl (C=O) groups excluding carboxylic acids is 2. The molecule has 2 aliphatic carbocycles. The minimum absolute atomic E-state index is 0.133. The molecule has 0 spiro atoms. The number of hydrogen-bond acceptors (Lipinski definition) is 3. The van der Waals surface area contributed by atoms with Crippen molar-refractivity contribution >= 4 is 23.3 Å². The van der Waals surface area contributed by atoms with Gasteiger partial charge < -0.3 is 20.4 Å². The van der Waals surface area contributed by atoms with Crippen molar-refractivity contribution in [3.63, 3.8) is 0 Å². The number of urea groups is 1. The zero-order chi connectivity index (χ0) is 17.9. The van der Waals surface area contributed by atoms with E-state index < -0.39 is 0 Å². The Morgan fingerprint density at radius 2 is 1.77 bits per heavy atom. The number of amides is 3. The molecule has 6 nitrogen and oxygen atoms in total. The highest BCUT2D eigenvalue weighted by Gasteiger charge is 2.42. The van der Waals surface area contributed by atoms with Crippen molar-refractivity contribution < 1.29 is 14.0 Å². The molecule has 2 aromatic rings. The smallest absolute Gasteiger partial charge is 0.319 e. The Balaban J connectivity index is 1.26. The highest BCUT2D eigenvalue weighted by Crippen LogP contribution is 2.48. The van der Waals surface area contributed by atoms with Crippen LogP contribution in [0.2, 0.25) is 0 Å². The molecule has 1 aromatic heterocycles. The molecule has 0 radical (unpaired) electrons. The summed E-state index contributed by atoms with van der Waals surface area (Å²) >= 11 is 0. The van der Waals surface area contributed by atoms with Crippen molar-refractivity contribution in [2.24, 2.45) is 17.8 Å². The monoisotopic (exact) mass is 353 g/mol. The average Bonchev–Trinajstić information content (AvgIpc) is 3.39. The Bertz CT molecular complexity index is 770. The predicted octanol–water partition coefficient (Wildman–Crippen LogP) is 3.98. The van der Waals surface area contributed by atoms with Gasteiger partial charge in [-0.05, 0) is 67.5 Å². The number of nitrogens with one attached hydrogen (secondary N) is 3. The Labute approximate surface area is 152 Å². The number of benzene rings is 1. The lowest BCUT2D eigenvalue weighted by Gasteiger charge is -2.20. The van der Waals surface area contributed by atoms with E-state index in [0.717, 1.165) is 18.0 Å². The van der Waals surface area contributed by atoms with Gasteiger partial charge in [-0.15, -0.1) is 0 Å². The summed E-state index contributed by atoms with van der Waals surface area (Å²) in [6.45, 7) is 0.330. The second-order valence-electron chi connectivity index (χ2n) is 7.23. The van der Waals surface area contributed by atoms with Gasteiger partial charge in [0.1, 0.15) is 5.76 Å². The van der Waals surface area contributed by atoms with E-state index in [4.69, 9.17) is 4.42 Å². The largest absolute Gasteiger partial charge is 0.467 e. The van der Waals surface area contributed by atoms with E-state index in [2.05, 4.69) is 16.0 Å². The van der Waals surface area contributed by atoms with Crippen LogP contribution in [0, 0.1) is 17.8 Å². The summed E-state index contributed by atoms with van der Waals surface area (Å²) in [4.78, 5) is 24.3. The summed E-state index contributed by atoms with van der Waals surface area (Å²) in [7, 11) is 0. The molecule has 0 aliphatic heterocycles. The zero-order valence-electron chi connectivity index (χ0n) is 14.5. The van der Waals surface area contributed by atoms with Crippen LogP contribution in [-0.2, 0) is 11.3 Å². The van der Waals surface area contributed by atoms with E-state index in [-0.39, 0.29) is 17.9 Å². The van der Waals surface area contributed by atoms with Gasteiger partial charge in [-0.2, -0.15) is 0 Å². The maximum absolute atomic E-state index is 12.5. The van der Waals surface area contributed by atoms with Crippen LogP contribution in [0.5, 0.6) is 0 Å². The average molecular weight is 353 g/mol. The van der Waals surface area contributed by atoms with Crippen LogP contribution >= 0.6 is 0 Å². The second kappa shape index (κ2) is 7.23. The third-order valence-corrected chi connectivity index (χ3v) is 5.49. The Kier molecular flexibility index (Phi) is 4.65. The number of furan rings is 1. The summed E-state index contributed by atoms with van der Waals surface area (Å²) < 4.78 is 5.16. The van der Waals surface area contributed by atoms with E-state index in [1.165, 1.54) is 19.3 Å². The Morgan fingerprint density at radius 3 is 2.38 bits per heavy atom. The van der Waals surface area contributed by atoms with Crippen LogP contribution in [0.1, 0.15) is 31.4 Å². The third kappa shape index (κ3) is 3.74. The van der Waals surface area contributed by atoms with Gasteiger partial charge in [-0.1, -0.05) is 6.42 Å². The van der Waals surface area contributed by atoms with Gasteiger partial charge in [-0.25, -0.2) is 4.79 Å². The zero-order valence-corrected chi connectivity index (χ0v) is 14.5. The van der Waals surface area contributed by atoms with Crippen LogP contribution in [0.4, 0.5) is 16.2 Å². The van der Waals surface area contributed by atoms with Gasteiger partial charge in [0.25, 0.3) is 0 Å². The molecule has 2 bridgehead atoms. The van der Waals surface area contributed by atoms with Gasteiger partial charge in [0.05, 0.1) is 12.8 Å². The quantitative estimate of drug-likeness (QED) is 0.760. The molecule has 3 amide bonds. The fraction of sp³-hybridized carbons (Fsp3) is 0.400. The minimum atomic E-state index is -0.305. The molecule has 2 aliphatic rings. The second-order valence-corrected chi connectivity index (χ2v) is 7.23. The topological polar surface area (TPSA) is 83.4 Å². The molecule has 136 valence electrons. The van der Waals surface area contributed by atoms with Crippen molar-refractivity contribution in [3.05, 3.63) is 48.4 Å². The van der Waals surface area contributed by atoms with Crippen LogP contribution in [0.3, 0.4) is 0 Å². The van der Waals surface area contributed by atoms with Crippen LogP contribution in [-0.4, -0.2) is 11.9 Å². The summed E-state index contributed by atoms with van der Waals surface area (Å²) in [6.07, 6.45) is 6.30. The first-order valence-corrected chi connectivity index (χ1v) is 9.15. The molecule has 2 saturated carbocycles. The first-order valence-electron chi connectivity index (χ1n) is 9.15. The number of fused-ring (bicyclic) bond motifs is 2. The molecule has 3 atom stereocenters. The van der Waals surface area contributed by atoms with Crippen molar-refractivity contribution in [2.45, 2.75) is 32.2 Å². The van der Waals surface area contributed by atoms with E-state index >= 15 is 0 Å². The first-order chi connectivity index (χ1) is 12.7. The number of carbonyl (C=O) groups is 2. The van der Waals surface area contributed by atoms with E-state index in [1.807, 2.05) is 12.1 Å². The van der Waals surface area contributed by atoms with Crippen molar-refractivity contribution in [3.8, 4) is 0 Å². The molecule has 3 unspecified atom stereocenters. The van der Waals surface area contributed by atoms with Gasteiger partial charge in [0.2, 0.25) is 5.91 Å². The summed E-state index contributed by atoms with van der Waals surface area (Å²) in [5, 5.41) is 8.49. The standard InChI is InChI=1S/C20H23N3O3/c24-19(18-11-13-3-4-14(18)10-13)22-15-5-7-16(8-6-15)23-20(25)21-12-17-2-1-9-26-17/h1-2,5-9,13-14,18H,3-4,10-12H2,(H,22,24)(H2,21,23,25). The molecule has 1 aromatic carbocycles. The van der Waals surface area contributed by atoms with Crippen molar-refractivity contribution in [1.82, 2.24) is 5.32 Å². The van der Waals surface area contributed by atoms with Crippen molar-refractivity contribution in [2.75, 3.05) is 10.6 Å². The third-order valence-electron chi connectivity index (χ3n) is 5.49. The Hall–Kier alpha value is -2.76. The minimum Gasteiger partial charge on any atom is -0.467 e. The van der Waals surface area contributed by atoms with E-state index in [1.54, 1.807) is 30.5 Å². The lowest BCUT2D eigenvalue weighted by atomic mass is 9.88. The fourth-order valence-corrected chi connectivity index (χ4v) is 4.19. The fourth-order valence-electron chi connectivity index (χ4n) is 4.19. The molecule has 1 heterocycles. The highest BCUT2D eigenvalue weighted by molar-refractivity contribution is 5.94. The number of rotatable bonds is 5. The lowest BCUT2D eigenvalue weighted by Crippen LogP contribution is -2.28. The molecule has 26 heavy (non-hydrogen) atoms. The number of hydrogen-bond donors (Lipinski definition) is 3. The molecular formula is C20H23N3O3. The van der Waals surface area contributed by atoms with Gasteiger partial charge in [-0.3, -0.25) is 4.79 Å². The molecule has 6 heteroatoms. The predicted molar refractivity (Wildman–Crippen MR) is 98.6 cm³/mol. The van der Waals surface area contributed by atoms with Crippen LogP contribution in [0.15, 0.2) is 47.1 Å². The molecule has 4 rings (SSSR count). The molecular weight excluding hydrogens is 330 g/mol. The molecule has 3 N–H and O–H groups in total. The van der Waals surface area contributed by atoms with Crippen LogP contribution in [0.25, 0.3) is 0 Å². The van der Waals surface area contributed by atoms with Gasteiger partial charge in [0, 0.05) is 17.3 Å². The maximum Gasteiger partial charge on any atom is 0.319 e. The van der Waals surface area contributed by atoms with E-state index in [9.17, 15) is 9.59 Å². The first kappa shape index (κ1) is 16.7. The molecule has 0 saturated heterocycles. The van der Waals surface area contributed by atoms with E-state index in [0.29, 0.717) is 23.9 Å². The molecule has 2 fully saturated rings. The highest BCUT2D eigenvalue weighted by atomic mass is 16.3. The van der Waals surface area contributed by atoms with Crippen LogP contribution < -0.4 is 16.0 Å².